The maximum atomic E-state index is 12.2. The molecule has 0 saturated carbocycles. The van der Waals surface area contributed by atoms with Crippen LogP contribution in [0.25, 0.3) is 6.08 Å². The summed E-state index contributed by atoms with van der Waals surface area (Å²) < 4.78 is 10.2. The summed E-state index contributed by atoms with van der Waals surface area (Å²) in [5, 5.41) is 0. The van der Waals surface area contributed by atoms with Gasteiger partial charge in [0.15, 0.2) is 6.79 Å². The van der Waals surface area contributed by atoms with Gasteiger partial charge in [0.05, 0.1) is 0 Å². The van der Waals surface area contributed by atoms with Crippen LogP contribution >= 0.6 is 0 Å². The van der Waals surface area contributed by atoms with Gasteiger partial charge in [-0.3, -0.25) is 4.79 Å². The van der Waals surface area contributed by atoms with Crippen molar-refractivity contribution in [1.82, 2.24) is 9.80 Å². The molecule has 1 aromatic rings. The van der Waals surface area contributed by atoms with Gasteiger partial charge < -0.3 is 19.3 Å². The molecule has 5 heteroatoms. The maximum Gasteiger partial charge on any atom is 0.246 e. The summed E-state index contributed by atoms with van der Waals surface area (Å²) >= 11 is 0. The first-order valence-electron chi connectivity index (χ1n) is 7.64. The molecule has 0 aromatic heterocycles. The number of piperazine rings is 1. The van der Waals surface area contributed by atoms with E-state index in [0.717, 1.165) is 44.0 Å². The molecule has 1 fully saturated rings. The van der Waals surface area contributed by atoms with Gasteiger partial charge >= 0.3 is 0 Å². The van der Waals surface area contributed by atoms with E-state index in [9.17, 15) is 4.79 Å². The van der Waals surface area contributed by atoms with E-state index in [-0.39, 0.29) is 12.7 Å². The standard InChI is InChI=1S/C17H24N2O3/c1-3-18-10-12-19(13-11-18)17(20)9-6-15-4-7-16(8-5-15)22-14-21-2/h4-9H,3,10-14H2,1-2H3/b9-6+. The molecule has 22 heavy (non-hydrogen) atoms. The Morgan fingerprint density at radius 1 is 1.18 bits per heavy atom. The Morgan fingerprint density at radius 3 is 2.45 bits per heavy atom. The number of carbonyl (C=O) groups excluding carboxylic acids is 1. The van der Waals surface area contributed by atoms with Crippen molar-refractivity contribution in [3.05, 3.63) is 35.9 Å². The molecule has 0 N–H and O–H groups in total. The zero-order valence-corrected chi connectivity index (χ0v) is 13.3. The van der Waals surface area contributed by atoms with Crippen LogP contribution in [0.2, 0.25) is 0 Å². The van der Waals surface area contributed by atoms with E-state index in [0.29, 0.717) is 0 Å². The summed E-state index contributed by atoms with van der Waals surface area (Å²) in [6, 6.07) is 7.57. The summed E-state index contributed by atoms with van der Waals surface area (Å²) in [6.45, 7) is 6.97. The summed E-state index contributed by atoms with van der Waals surface area (Å²) in [5.41, 5.74) is 0.977. The molecule has 0 aliphatic carbocycles. The molecule has 0 unspecified atom stereocenters. The lowest BCUT2D eigenvalue weighted by Gasteiger charge is -2.33. The number of benzene rings is 1. The van der Waals surface area contributed by atoms with E-state index >= 15 is 0 Å². The number of ether oxygens (including phenoxy) is 2. The van der Waals surface area contributed by atoms with E-state index in [1.165, 1.54) is 0 Å². The summed E-state index contributed by atoms with van der Waals surface area (Å²) in [4.78, 5) is 16.4. The van der Waals surface area contributed by atoms with Gasteiger partial charge in [-0.1, -0.05) is 19.1 Å². The largest absolute Gasteiger partial charge is 0.468 e. The van der Waals surface area contributed by atoms with Gasteiger partial charge in [-0.05, 0) is 30.3 Å². The van der Waals surface area contributed by atoms with Crippen LogP contribution in [-0.4, -0.2) is 62.3 Å². The van der Waals surface area contributed by atoms with Crippen molar-refractivity contribution < 1.29 is 14.3 Å². The minimum absolute atomic E-state index is 0.0791. The van der Waals surface area contributed by atoms with Gasteiger partial charge in [0.2, 0.25) is 5.91 Å². The first kappa shape index (κ1) is 16.5. The zero-order valence-electron chi connectivity index (χ0n) is 13.3. The minimum atomic E-state index is 0.0791. The smallest absolute Gasteiger partial charge is 0.246 e. The molecule has 5 nitrogen and oxygen atoms in total. The second-order valence-corrected chi connectivity index (χ2v) is 5.21. The molecule has 1 amide bonds. The molecule has 0 atom stereocenters. The first-order chi connectivity index (χ1) is 10.7. The van der Waals surface area contributed by atoms with E-state index in [1.807, 2.05) is 35.2 Å². The third-order valence-electron chi connectivity index (χ3n) is 3.77. The summed E-state index contributed by atoms with van der Waals surface area (Å²) in [7, 11) is 1.59. The van der Waals surface area contributed by atoms with Crippen molar-refractivity contribution in [3.8, 4) is 5.75 Å². The number of rotatable bonds is 6. The number of amides is 1. The van der Waals surface area contributed by atoms with E-state index in [4.69, 9.17) is 9.47 Å². The lowest BCUT2D eigenvalue weighted by molar-refractivity contribution is -0.127. The highest BCUT2D eigenvalue weighted by Gasteiger charge is 2.17. The predicted molar refractivity (Wildman–Crippen MR) is 86.7 cm³/mol. The van der Waals surface area contributed by atoms with Crippen LogP contribution in [0.1, 0.15) is 12.5 Å². The van der Waals surface area contributed by atoms with Crippen LogP contribution < -0.4 is 4.74 Å². The van der Waals surface area contributed by atoms with Crippen LogP contribution in [0.4, 0.5) is 0 Å². The Kier molecular flexibility index (Phi) is 6.43. The third kappa shape index (κ3) is 4.86. The zero-order chi connectivity index (χ0) is 15.8. The fourth-order valence-corrected chi connectivity index (χ4v) is 2.36. The second kappa shape index (κ2) is 8.56. The number of methoxy groups -OCH3 is 1. The van der Waals surface area contributed by atoms with Gasteiger partial charge in [0, 0.05) is 39.4 Å². The number of carbonyl (C=O) groups is 1. The van der Waals surface area contributed by atoms with Crippen molar-refractivity contribution in [1.29, 1.82) is 0 Å². The van der Waals surface area contributed by atoms with Crippen molar-refractivity contribution in [3.63, 3.8) is 0 Å². The predicted octanol–water partition coefficient (Wildman–Crippen LogP) is 1.85. The normalized spacial score (nSPS) is 16.2. The summed E-state index contributed by atoms with van der Waals surface area (Å²) in [5.74, 6) is 0.830. The van der Waals surface area contributed by atoms with Crippen LogP contribution in [-0.2, 0) is 9.53 Å². The molecule has 120 valence electrons. The van der Waals surface area contributed by atoms with Gasteiger partial charge in [0.1, 0.15) is 5.75 Å². The average Bonchev–Trinajstić information content (AvgIpc) is 2.58. The van der Waals surface area contributed by atoms with Crippen molar-refractivity contribution in [2.45, 2.75) is 6.92 Å². The maximum absolute atomic E-state index is 12.2. The molecule has 0 bridgehead atoms. The van der Waals surface area contributed by atoms with E-state index in [2.05, 4.69) is 11.8 Å². The third-order valence-corrected chi connectivity index (χ3v) is 3.77. The molecule has 1 aliphatic heterocycles. The molecule has 0 spiro atoms. The average molecular weight is 304 g/mol. The van der Waals surface area contributed by atoms with Gasteiger partial charge in [-0.2, -0.15) is 0 Å². The molecule has 1 aromatic carbocycles. The highest BCUT2D eigenvalue weighted by atomic mass is 16.7. The van der Waals surface area contributed by atoms with Crippen LogP contribution in [0.3, 0.4) is 0 Å². The van der Waals surface area contributed by atoms with E-state index in [1.54, 1.807) is 13.2 Å². The number of hydrogen-bond donors (Lipinski definition) is 0. The molecular formula is C17H24N2O3. The molecule has 2 rings (SSSR count). The SMILES string of the molecule is CCN1CCN(C(=O)/C=C/c2ccc(OCOC)cc2)CC1. The highest BCUT2D eigenvalue weighted by Crippen LogP contribution is 2.13. The molecule has 0 radical (unpaired) electrons. The molecule has 1 aliphatic rings. The van der Waals surface area contributed by atoms with Crippen molar-refractivity contribution >= 4 is 12.0 Å². The van der Waals surface area contributed by atoms with Crippen LogP contribution in [0.15, 0.2) is 30.3 Å². The second-order valence-electron chi connectivity index (χ2n) is 5.21. The van der Waals surface area contributed by atoms with Gasteiger partial charge in [-0.15, -0.1) is 0 Å². The molecular weight excluding hydrogens is 280 g/mol. The Hall–Kier alpha value is -1.85. The first-order valence-corrected chi connectivity index (χ1v) is 7.64. The molecule has 1 saturated heterocycles. The quantitative estimate of drug-likeness (QED) is 0.594. The Bertz CT molecular complexity index is 491. The summed E-state index contributed by atoms with van der Waals surface area (Å²) in [6.07, 6.45) is 3.49. The highest BCUT2D eigenvalue weighted by molar-refractivity contribution is 5.91. The van der Waals surface area contributed by atoms with Crippen LogP contribution in [0, 0.1) is 0 Å². The van der Waals surface area contributed by atoms with Gasteiger partial charge in [-0.25, -0.2) is 0 Å². The Balaban J connectivity index is 1.84. The van der Waals surface area contributed by atoms with Crippen molar-refractivity contribution in [2.24, 2.45) is 0 Å². The van der Waals surface area contributed by atoms with Crippen LogP contribution in [0.5, 0.6) is 5.75 Å². The minimum Gasteiger partial charge on any atom is -0.468 e. The Morgan fingerprint density at radius 2 is 1.86 bits per heavy atom. The van der Waals surface area contributed by atoms with Crippen molar-refractivity contribution in [2.75, 3.05) is 46.6 Å². The number of nitrogens with zero attached hydrogens (tertiary/aromatic N) is 2. The number of likely N-dealkylation sites (N-methyl/N-ethyl adjacent to an activating group) is 1. The van der Waals surface area contributed by atoms with E-state index < -0.39 is 0 Å². The number of hydrogen-bond acceptors (Lipinski definition) is 4. The fraction of sp³-hybridized carbons (Fsp3) is 0.471. The lowest BCUT2D eigenvalue weighted by Crippen LogP contribution is -2.48. The van der Waals surface area contributed by atoms with Gasteiger partial charge in [0.25, 0.3) is 0 Å². The fourth-order valence-electron chi connectivity index (χ4n) is 2.36. The monoisotopic (exact) mass is 304 g/mol. The topological polar surface area (TPSA) is 42.0 Å². The lowest BCUT2D eigenvalue weighted by atomic mass is 10.2. The molecule has 1 heterocycles. The Labute approximate surface area is 132 Å².